The molecule has 0 aliphatic carbocycles. The van der Waals surface area contributed by atoms with Gasteiger partial charge in [-0.1, -0.05) is 0 Å². The number of carboxylic acids is 1. The Morgan fingerprint density at radius 2 is 2.16 bits per heavy atom. The Labute approximate surface area is 180 Å². The number of benzene rings is 1. The Balaban J connectivity index is 1.54. The maximum Gasteiger partial charge on any atom is 0.335 e. The van der Waals surface area contributed by atoms with Gasteiger partial charge in [-0.2, -0.15) is 0 Å². The summed E-state index contributed by atoms with van der Waals surface area (Å²) in [6, 6.07) is 9.63. The van der Waals surface area contributed by atoms with Crippen molar-refractivity contribution >= 4 is 22.8 Å². The van der Waals surface area contributed by atoms with E-state index in [1.54, 1.807) is 12.1 Å². The second-order valence-electron chi connectivity index (χ2n) is 8.21. The minimum Gasteiger partial charge on any atom is -0.478 e. The van der Waals surface area contributed by atoms with Crippen LogP contribution in [0, 0.1) is 0 Å². The third-order valence-electron chi connectivity index (χ3n) is 6.12. The number of anilines is 1. The normalized spacial score (nSPS) is 21.6. The van der Waals surface area contributed by atoms with Crippen molar-refractivity contribution in [2.24, 2.45) is 0 Å². The van der Waals surface area contributed by atoms with E-state index in [9.17, 15) is 9.90 Å². The second kappa shape index (κ2) is 8.28. The van der Waals surface area contributed by atoms with Gasteiger partial charge in [0.15, 0.2) is 0 Å². The molecule has 5 rings (SSSR count). The van der Waals surface area contributed by atoms with Crippen molar-refractivity contribution < 1.29 is 19.4 Å². The van der Waals surface area contributed by atoms with Crippen LogP contribution in [-0.2, 0) is 16.0 Å². The van der Waals surface area contributed by atoms with Crippen molar-refractivity contribution in [1.82, 2.24) is 14.5 Å². The third-order valence-corrected chi connectivity index (χ3v) is 6.12. The van der Waals surface area contributed by atoms with Gasteiger partial charge in [0.2, 0.25) is 0 Å². The fourth-order valence-electron chi connectivity index (χ4n) is 4.48. The lowest BCUT2D eigenvalue weighted by Gasteiger charge is -2.24. The average molecular weight is 422 g/mol. The van der Waals surface area contributed by atoms with Crippen LogP contribution in [0.3, 0.4) is 0 Å². The molecule has 4 heterocycles. The lowest BCUT2D eigenvalue weighted by molar-refractivity contribution is -0.0931. The van der Waals surface area contributed by atoms with Crippen molar-refractivity contribution in [1.29, 1.82) is 0 Å². The lowest BCUT2D eigenvalue weighted by atomic mass is 10.2. The van der Waals surface area contributed by atoms with Gasteiger partial charge in [0, 0.05) is 24.3 Å². The van der Waals surface area contributed by atoms with Crippen LogP contribution in [0.2, 0.25) is 0 Å². The van der Waals surface area contributed by atoms with E-state index < -0.39 is 5.97 Å². The van der Waals surface area contributed by atoms with E-state index >= 15 is 0 Å². The monoisotopic (exact) mass is 422 g/mol. The summed E-state index contributed by atoms with van der Waals surface area (Å²) in [5, 5.41) is 9.37. The van der Waals surface area contributed by atoms with Gasteiger partial charge in [-0.15, -0.1) is 0 Å². The van der Waals surface area contributed by atoms with E-state index in [0.717, 1.165) is 29.3 Å². The number of hydrogen-bond acceptors (Lipinski definition) is 6. The van der Waals surface area contributed by atoms with Crippen molar-refractivity contribution in [3.8, 4) is 11.4 Å². The molecule has 0 saturated carbocycles. The smallest absolute Gasteiger partial charge is 0.335 e. The van der Waals surface area contributed by atoms with Crippen molar-refractivity contribution in [2.45, 2.75) is 38.5 Å². The van der Waals surface area contributed by atoms with E-state index in [-0.39, 0.29) is 11.7 Å². The molecule has 2 atom stereocenters. The number of imidazole rings is 1. The number of rotatable bonds is 5. The van der Waals surface area contributed by atoms with Gasteiger partial charge in [-0.25, -0.2) is 14.8 Å². The molecule has 1 aromatic carbocycles. The first-order valence-electron chi connectivity index (χ1n) is 10.8. The molecule has 0 amide bonds. The molecule has 8 nitrogen and oxygen atoms in total. The van der Waals surface area contributed by atoms with E-state index in [4.69, 9.17) is 19.4 Å². The second-order valence-corrected chi connectivity index (χ2v) is 8.21. The fourth-order valence-corrected chi connectivity index (χ4v) is 4.48. The molecule has 8 heteroatoms. The zero-order valence-corrected chi connectivity index (χ0v) is 17.5. The summed E-state index contributed by atoms with van der Waals surface area (Å²) in [5.41, 5.74) is 2.62. The number of aromatic carboxylic acids is 1. The summed E-state index contributed by atoms with van der Waals surface area (Å²) in [4.78, 5) is 23.3. The topological polar surface area (TPSA) is 89.7 Å². The summed E-state index contributed by atoms with van der Waals surface area (Å²) < 4.78 is 13.5. The van der Waals surface area contributed by atoms with Crippen LogP contribution in [0.4, 0.5) is 5.82 Å². The Kier molecular flexibility index (Phi) is 5.33. The number of aromatic nitrogens is 3. The first kappa shape index (κ1) is 20.0. The number of carbonyl (C=O) groups is 1. The Hall–Kier alpha value is -2.97. The number of hydrogen-bond donors (Lipinski definition) is 1. The summed E-state index contributed by atoms with van der Waals surface area (Å²) >= 11 is 0. The number of pyridine rings is 1. The highest BCUT2D eigenvalue weighted by atomic mass is 16.6. The van der Waals surface area contributed by atoms with E-state index in [0.29, 0.717) is 37.9 Å². The van der Waals surface area contributed by atoms with Crippen LogP contribution in [0.15, 0.2) is 36.5 Å². The van der Waals surface area contributed by atoms with Crippen LogP contribution in [0.25, 0.3) is 22.4 Å². The lowest BCUT2D eigenvalue weighted by Crippen LogP contribution is -2.32. The first-order valence-corrected chi connectivity index (χ1v) is 10.8. The van der Waals surface area contributed by atoms with Crippen LogP contribution in [0.5, 0.6) is 0 Å². The molecule has 3 aromatic rings. The molecule has 1 unspecified atom stereocenters. The SMILES string of the molecule is CC1CCCN1c1ccc(-c2nc3cc(C(=O)O)ccc3n2C[C@@H]2COCCO2)cn1. The predicted molar refractivity (Wildman–Crippen MR) is 117 cm³/mol. The minimum atomic E-state index is -0.965. The molecule has 2 aliphatic heterocycles. The van der Waals surface area contributed by atoms with Crippen molar-refractivity contribution in [3.63, 3.8) is 0 Å². The van der Waals surface area contributed by atoms with Gasteiger partial charge in [-0.05, 0) is 50.1 Å². The minimum absolute atomic E-state index is 0.0817. The van der Waals surface area contributed by atoms with Gasteiger partial charge in [0.05, 0.1) is 49.1 Å². The number of fused-ring (bicyclic) bond motifs is 1. The standard InChI is InChI=1S/C23H26N4O4/c1-15-3-2-8-26(15)21-7-5-17(12-24-21)22-25-19-11-16(23(28)29)4-6-20(19)27(22)13-18-14-30-9-10-31-18/h4-7,11-12,15,18H,2-3,8-10,13-14H2,1H3,(H,28,29)/t15?,18-/m1/s1. The van der Waals surface area contributed by atoms with Gasteiger partial charge >= 0.3 is 5.97 Å². The molecule has 2 aromatic heterocycles. The van der Waals surface area contributed by atoms with Crippen molar-refractivity contribution in [2.75, 3.05) is 31.3 Å². The summed E-state index contributed by atoms with van der Waals surface area (Å²) in [7, 11) is 0. The molecule has 162 valence electrons. The molecule has 2 aliphatic rings. The van der Waals surface area contributed by atoms with Crippen LogP contribution in [-0.4, -0.2) is 64.1 Å². The molecule has 2 fully saturated rings. The molecule has 2 saturated heterocycles. The molecular formula is C23H26N4O4. The molecule has 0 spiro atoms. The van der Waals surface area contributed by atoms with Crippen LogP contribution >= 0.6 is 0 Å². The largest absolute Gasteiger partial charge is 0.478 e. The molecule has 0 radical (unpaired) electrons. The van der Waals surface area contributed by atoms with Gasteiger partial charge < -0.3 is 24.0 Å². The maximum atomic E-state index is 11.4. The van der Waals surface area contributed by atoms with E-state index in [1.807, 2.05) is 24.4 Å². The van der Waals surface area contributed by atoms with Gasteiger partial charge in [0.1, 0.15) is 11.6 Å². The Morgan fingerprint density at radius 1 is 1.26 bits per heavy atom. The van der Waals surface area contributed by atoms with Crippen LogP contribution < -0.4 is 4.90 Å². The molecule has 1 N–H and O–H groups in total. The summed E-state index contributed by atoms with van der Waals surface area (Å²) in [6.45, 7) is 5.53. The Morgan fingerprint density at radius 3 is 2.84 bits per heavy atom. The number of nitrogens with zero attached hydrogens (tertiary/aromatic N) is 4. The Bertz CT molecular complexity index is 1090. The number of ether oxygens (including phenoxy) is 2. The quantitative estimate of drug-likeness (QED) is 0.675. The highest BCUT2D eigenvalue weighted by Gasteiger charge is 2.23. The first-order chi connectivity index (χ1) is 15.1. The average Bonchev–Trinajstić information content (AvgIpc) is 3.38. The summed E-state index contributed by atoms with van der Waals surface area (Å²) in [6.07, 6.45) is 4.15. The van der Waals surface area contributed by atoms with Crippen molar-refractivity contribution in [3.05, 3.63) is 42.1 Å². The maximum absolute atomic E-state index is 11.4. The highest BCUT2D eigenvalue weighted by Crippen LogP contribution is 2.29. The molecular weight excluding hydrogens is 396 g/mol. The van der Waals surface area contributed by atoms with Crippen LogP contribution in [0.1, 0.15) is 30.1 Å². The molecule has 0 bridgehead atoms. The van der Waals surface area contributed by atoms with Gasteiger partial charge in [0.25, 0.3) is 0 Å². The number of carboxylic acid groups (broad SMARTS) is 1. The highest BCUT2D eigenvalue weighted by molar-refractivity contribution is 5.93. The van der Waals surface area contributed by atoms with E-state index in [1.165, 1.54) is 12.8 Å². The predicted octanol–water partition coefficient (Wildman–Crippen LogP) is 3.20. The van der Waals surface area contributed by atoms with Gasteiger partial charge in [-0.3, -0.25) is 0 Å². The fraction of sp³-hybridized carbons (Fsp3) is 0.435. The zero-order chi connectivity index (χ0) is 21.4. The summed E-state index contributed by atoms with van der Waals surface area (Å²) in [5.74, 6) is 0.765. The molecule has 31 heavy (non-hydrogen) atoms. The van der Waals surface area contributed by atoms with E-state index in [2.05, 4.69) is 16.4 Å². The zero-order valence-electron chi connectivity index (χ0n) is 17.5. The third kappa shape index (κ3) is 3.88.